The van der Waals surface area contributed by atoms with Crippen LogP contribution in [0, 0.1) is 0 Å². The monoisotopic (exact) mass is 250 g/mol. The van der Waals surface area contributed by atoms with Crippen molar-refractivity contribution < 1.29 is 18.7 Å². The molecule has 1 N–H and O–H groups in total. The summed E-state index contributed by atoms with van der Waals surface area (Å²) in [5.41, 5.74) is 0. The molecule has 0 aromatic heterocycles. The molecule has 1 unspecified atom stereocenters. The van der Waals surface area contributed by atoms with Gasteiger partial charge in [-0.05, 0) is 19.8 Å². The summed E-state index contributed by atoms with van der Waals surface area (Å²) < 4.78 is 24.7. The lowest BCUT2D eigenvalue weighted by Crippen LogP contribution is -2.48. The van der Waals surface area contributed by atoms with Crippen molar-refractivity contribution in [2.24, 2.45) is 0 Å². The first-order chi connectivity index (χ1) is 8.06. The van der Waals surface area contributed by atoms with E-state index in [1.54, 1.807) is 11.8 Å². The fourth-order valence-electron chi connectivity index (χ4n) is 2.11. The molecule has 17 heavy (non-hydrogen) atoms. The minimum atomic E-state index is -2.49. The third-order valence-corrected chi connectivity index (χ3v) is 3.08. The van der Waals surface area contributed by atoms with Gasteiger partial charge in [0.05, 0.1) is 19.2 Å². The van der Waals surface area contributed by atoms with Crippen molar-refractivity contribution >= 4 is 5.91 Å². The number of halogens is 2. The van der Waals surface area contributed by atoms with Crippen molar-refractivity contribution in [2.75, 3.05) is 32.8 Å². The molecule has 6 heteroatoms. The Morgan fingerprint density at radius 1 is 1.41 bits per heavy atom. The standard InChI is InChI=1S/C11H20F2N2O2/c1-9(11(17)14-4-2-3-5-14)15(6-7-16)8-10(12)13/h9-10,16H,2-8H2,1H3. The summed E-state index contributed by atoms with van der Waals surface area (Å²) in [4.78, 5) is 15.0. The normalized spacial score (nSPS) is 18.1. The average Bonchev–Trinajstić information content (AvgIpc) is 2.79. The van der Waals surface area contributed by atoms with Crippen LogP contribution in [0.5, 0.6) is 0 Å². The van der Waals surface area contributed by atoms with Gasteiger partial charge in [0.15, 0.2) is 0 Å². The lowest BCUT2D eigenvalue weighted by atomic mass is 10.2. The second kappa shape index (κ2) is 6.86. The first-order valence-electron chi connectivity index (χ1n) is 5.98. The summed E-state index contributed by atoms with van der Waals surface area (Å²) in [6.45, 7) is 2.46. The number of aliphatic hydroxyl groups excluding tert-OH is 1. The van der Waals surface area contributed by atoms with E-state index in [4.69, 9.17) is 5.11 Å². The Morgan fingerprint density at radius 2 is 2.00 bits per heavy atom. The Kier molecular flexibility index (Phi) is 5.77. The van der Waals surface area contributed by atoms with Crippen molar-refractivity contribution in [1.82, 2.24) is 9.80 Å². The van der Waals surface area contributed by atoms with Crippen molar-refractivity contribution in [3.63, 3.8) is 0 Å². The van der Waals surface area contributed by atoms with Gasteiger partial charge in [-0.1, -0.05) is 0 Å². The van der Waals surface area contributed by atoms with Crippen LogP contribution in [-0.2, 0) is 4.79 Å². The van der Waals surface area contributed by atoms with Gasteiger partial charge in [0.25, 0.3) is 6.43 Å². The third kappa shape index (κ3) is 4.20. The molecule has 1 heterocycles. The van der Waals surface area contributed by atoms with Crippen LogP contribution in [0.15, 0.2) is 0 Å². The van der Waals surface area contributed by atoms with E-state index in [0.717, 1.165) is 12.8 Å². The summed E-state index contributed by atoms with van der Waals surface area (Å²) in [6, 6.07) is -0.589. The minimum Gasteiger partial charge on any atom is -0.395 e. The number of nitrogens with zero attached hydrogens (tertiary/aromatic N) is 2. The second-order valence-electron chi connectivity index (χ2n) is 4.32. The minimum absolute atomic E-state index is 0.102. The van der Waals surface area contributed by atoms with Crippen LogP contribution in [0.4, 0.5) is 8.78 Å². The molecule has 1 fully saturated rings. The molecule has 0 aromatic rings. The van der Waals surface area contributed by atoms with Crippen LogP contribution in [-0.4, -0.2) is 66.1 Å². The molecular formula is C11H20F2N2O2. The maximum absolute atomic E-state index is 12.4. The van der Waals surface area contributed by atoms with E-state index in [9.17, 15) is 13.6 Å². The number of carbonyl (C=O) groups is 1. The molecular weight excluding hydrogens is 230 g/mol. The molecule has 0 bridgehead atoms. The molecule has 0 spiro atoms. The predicted molar refractivity (Wildman–Crippen MR) is 59.9 cm³/mol. The maximum Gasteiger partial charge on any atom is 0.251 e. The molecule has 0 saturated carbocycles. The smallest absolute Gasteiger partial charge is 0.251 e. The fraction of sp³-hybridized carbons (Fsp3) is 0.909. The predicted octanol–water partition coefficient (Wildman–Crippen LogP) is 0.557. The van der Waals surface area contributed by atoms with E-state index in [1.165, 1.54) is 4.90 Å². The summed E-state index contributed by atoms with van der Waals surface area (Å²) >= 11 is 0. The number of amides is 1. The van der Waals surface area contributed by atoms with Crippen LogP contribution < -0.4 is 0 Å². The SMILES string of the molecule is CC(C(=O)N1CCCC1)N(CCO)CC(F)F. The average molecular weight is 250 g/mol. The topological polar surface area (TPSA) is 43.8 Å². The zero-order chi connectivity index (χ0) is 12.8. The third-order valence-electron chi connectivity index (χ3n) is 3.08. The van der Waals surface area contributed by atoms with Gasteiger partial charge in [0, 0.05) is 19.6 Å². The number of carbonyl (C=O) groups excluding carboxylic acids is 1. The lowest BCUT2D eigenvalue weighted by molar-refractivity contribution is -0.136. The van der Waals surface area contributed by atoms with Crippen LogP contribution in [0.25, 0.3) is 0 Å². The molecule has 1 atom stereocenters. The van der Waals surface area contributed by atoms with Gasteiger partial charge in [-0.3, -0.25) is 9.69 Å². The zero-order valence-electron chi connectivity index (χ0n) is 10.1. The number of hydrogen-bond acceptors (Lipinski definition) is 3. The van der Waals surface area contributed by atoms with E-state index in [2.05, 4.69) is 0 Å². The Morgan fingerprint density at radius 3 is 2.47 bits per heavy atom. The van der Waals surface area contributed by atoms with Crippen LogP contribution in [0.1, 0.15) is 19.8 Å². The van der Waals surface area contributed by atoms with E-state index in [1.807, 2.05) is 0 Å². The maximum atomic E-state index is 12.4. The number of likely N-dealkylation sites (tertiary alicyclic amines) is 1. The van der Waals surface area contributed by atoms with Gasteiger partial charge in [-0.2, -0.15) is 0 Å². The van der Waals surface area contributed by atoms with Gasteiger partial charge in [0.1, 0.15) is 0 Å². The largest absolute Gasteiger partial charge is 0.395 e. The Balaban J connectivity index is 2.55. The first kappa shape index (κ1) is 14.3. The Hall–Kier alpha value is -0.750. The summed E-state index contributed by atoms with van der Waals surface area (Å²) in [5.74, 6) is -0.114. The van der Waals surface area contributed by atoms with E-state index in [-0.39, 0.29) is 19.1 Å². The van der Waals surface area contributed by atoms with Gasteiger partial charge in [-0.25, -0.2) is 8.78 Å². The molecule has 1 aliphatic heterocycles. The van der Waals surface area contributed by atoms with Crippen molar-refractivity contribution in [3.05, 3.63) is 0 Å². The highest BCUT2D eigenvalue weighted by molar-refractivity contribution is 5.81. The van der Waals surface area contributed by atoms with Crippen LogP contribution >= 0.6 is 0 Å². The van der Waals surface area contributed by atoms with Gasteiger partial charge >= 0.3 is 0 Å². The van der Waals surface area contributed by atoms with Gasteiger partial charge in [0.2, 0.25) is 5.91 Å². The van der Waals surface area contributed by atoms with Crippen molar-refractivity contribution in [1.29, 1.82) is 0 Å². The van der Waals surface area contributed by atoms with Crippen molar-refractivity contribution in [3.8, 4) is 0 Å². The van der Waals surface area contributed by atoms with E-state index >= 15 is 0 Å². The van der Waals surface area contributed by atoms with Crippen molar-refractivity contribution in [2.45, 2.75) is 32.2 Å². The highest BCUT2D eigenvalue weighted by Crippen LogP contribution is 2.13. The molecule has 4 nitrogen and oxygen atoms in total. The summed E-state index contributed by atoms with van der Waals surface area (Å²) in [7, 11) is 0. The highest BCUT2D eigenvalue weighted by atomic mass is 19.3. The number of alkyl halides is 2. The zero-order valence-corrected chi connectivity index (χ0v) is 10.1. The molecule has 1 aliphatic rings. The summed E-state index contributed by atoms with van der Waals surface area (Å²) in [6.07, 6.45) is -0.531. The molecule has 1 rings (SSSR count). The molecule has 0 aromatic carbocycles. The number of hydrogen-bond donors (Lipinski definition) is 1. The Labute approximate surface area is 100 Å². The van der Waals surface area contributed by atoms with E-state index < -0.39 is 19.0 Å². The highest BCUT2D eigenvalue weighted by Gasteiger charge is 2.28. The van der Waals surface area contributed by atoms with E-state index in [0.29, 0.717) is 13.1 Å². The second-order valence-corrected chi connectivity index (χ2v) is 4.32. The molecule has 1 saturated heterocycles. The van der Waals surface area contributed by atoms with Gasteiger partial charge < -0.3 is 10.0 Å². The fourth-order valence-corrected chi connectivity index (χ4v) is 2.11. The number of rotatable bonds is 6. The molecule has 0 aliphatic carbocycles. The lowest BCUT2D eigenvalue weighted by Gasteiger charge is -2.30. The quantitative estimate of drug-likeness (QED) is 0.749. The van der Waals surface area contributed by atoms with Gasteiger partial charge in [-0.15, -0.1) is 0 Å². The molecule has 1 amide bonds. The number of aliphatic hydroxyl groups is 1. The first-order valence-corrected chi connectivity index (χ1v) is 5.98. The Bertz CT molecular complexity index is 246. The summed E-state index contributed by atoms with van der Waals surface area (Å²) in [5, 5.41) is 8.83. The molecule has 100 valence electrons. The van der Waals surface area contributed by atoms with Crippen LogP contribution in [0.3, 0.4) is 0 Å². The van der Waals surface area contributed by atoms with Crippen LogP contribution in [0.2, 0.25) is 0 Å². The molecule has 0 radical (unpaired) electrons.